The molecule has 0 N–H and O–H groups in total. The van der Waals surface area contributed by atoms with Crippen LogP contribution in [-0.4, -0.2) is 35.3 Å². The molecule has 2 bridgehead atoms. The molecule has 3 saturated carbocycles. The Kier molecular flexibility index (Phi) is 6.90. The van der Waals surface area contributed by atoms with Gasteiger partial charge in [-0.3, -0.25) is 14.5 Å². The van der Waals surface area contributed by atoms with E-state index in [9.17, 15) is 9.59 Å². The third-order valence-electron chi connectivity index (χ3n) is 10.3. The number of benzene rings is 1. The van der Waals surface area contributed by atoms with Crippen LogP contribution < -0.4 is 0 Å². The minimum atomic E-state index is -0.996. The first-order valence-electron chi connectivity index (χ1n) is 14.0. The smallest absolute Gasteiger partial charge is 0.321 e. The summed E-state index contributed by atoms with van der Waals surface area (Å²) in [6.07, 6.45) is 13.1. The summed E-state index contributed by atoms with van der Waals surface area (Å²) < 4.78 is 5.75. The lowest BCUT2D eigenvalue weighted by Crippen LogP contribution is -2.74. The molecule has 0 amide bonds. The minimum absolute atomic E-state index is 0.0392. The van der Waals surface area contributed by atoms with Crippen molar-refractivity contribution in [3.8, 4) is 0 Å². The molecule has 5 unspecified atom stereocenters. The molecule has 5 fully saturated rings. The van der Waals surface area contributed by atoms with Crippen LogP contribution in [0.15, 0.2) is 30.3 Å². The topological polar surface area (TPSA) is 46.6 Å². The van der Waals surface area contributed by atoms with Crippen molar-refractivity contribution in [3.05, 3.63) is 35.9 Å². The van der Waals surface area contributed by atoms with Crippen molar-refractivity contribution in [2.45, 2.75) is 110 Å². The molecule has 2 aliphatic heterocycles. The Hall–Kier alpha value is -1.68. The molecular formula is C30H43NO3. The van der Waals surface area contributed by atoms with Gasteiger partial charge in [-0.1, -0.05) is 68.9 Å². The highest BCUT2D eigenvalue weighted by molar-refractivity contribution is 6.05. The molecule has 4 nitrogen and oxygen atoms in total. The van der Waals surface area contributed by atoms with Crippen molar-refractivity contribution >= 4 is 11.8 Å². The van der Waals surface area contributed by atoms with Gasteiger partial charge in [0, 0.05) is 25.0 Å². The summed E-state index contributed by atoms with van der Waals surface area (Å²) in [6.45, 7) is 5.40. The zero-order valence-corrected chi connectivity index (χ0v) is 21.3. The number of fused-ring (bicyclic) bond motifs is 2. The first kappa shape index (κ1) is 24.0. The quantitative estimate of drug-likeness (QED) is 0.333. The second-order valence-electron chi connectivity index (χ2n) is 11.7. The van der Waals surface area contributed by atoms with Gasteiger partial charge in [-0.15, -0.1) is 0 Å². The van der Waals surface area contributed by atoms with Crippen molar-refractivity contribution in [3.63, 3.8) is 0 Å². The molecule has 4 heteroatoms. The minimum Gasteiger partial charge on any atom is -0.465 e. The maximum Gasteiger partial charge on any atom is 0.321 e. The van der Waals surface area contributed by atoms with E-state index in [0.29, 0.717) is 37.3 Å². The van der Waals surface area contributed by atoms with Crippen LogP contribution in [0.3, 0.4) is 0 Å². The van der Waals surface area contributed by atoms with E-state index in [2.05, 4.69) is 42.2 Å². The Bertz CT molecular complexity index is 878. The van der Waals surface area contributed by atoms with Crippen molar-refractivity contribution in [2.75, 3.05) is 6.61 Å². The lowest BCUT2D eigenvalue weighted by molar-refractivity contribution is -0.215. The number of carbonyl (C=O) groups excluding carboxylic acids is 2. The maximum atomic E-state index is 14.2. The second kappa shape index (κ2) is 9.76. The molecule has 1 aromatic rings. The van der Waals surface area contributed by atoms with E-state index in [1.165, 1.54) is 50.5 Å². The van der Waals surface area contributed by atoms with Crippen LogP contribution in [0, 0.1) is 22.7 Å². The van der Waals surface area contributed by atoms with Gasteiger partial charge in [0.15, 0.2) is 5.78 Å². The fourth-order valence-corrected chi connectivity index (χ4v) is 8.51. The van der Waals surface area contributed by atoms with E-state index >= 15 is 0 Å². The molecule has 0 aromatic heterocycles. The van der Waals surface area contributed by atoms with Gasteiger partial charge in [0.2, 0.25) is 0 Å². The largest absolute Gasteiger partial charge is 0.465 e. The Balaban J connectivity index is 1.52. The number of Topliss-reactive ketones (excluding diaryl/α,β-unsaturated/α-hetero) is 1. The molecular weight excluding hydrogens is 422 g/mol. The van der Waals surface area contributed by atoms with Gasteiger partial charge in [0.05, 0.1) is 6.61 Å². The standard InChI is InChI=1S/C30H43NO3/c1-3-34-28(33)30(27(32)17-16-23-11-7-8-12-23)21-29-18-10-9-15-25(29)19-26(30)31(22(29)2)20-24-13-5-4-6-14-24/h4-6,13-14,22-23,25-26H,3,7-12,15-21H2,1-2H3. The van der Waals surface area contributed by atoms with Gasteiger partial charge in [0.25, 0.3) is 0 Å². The SMILES string of the molecule is CCOC(=O)C1(C(=O)CCC2CCCC2)CC23CCCCC2CC1N(Cc1ccccc1)C3C. The number of carbonyl (C=O) groups is 2. The highest BCUT2D eigenvalue weighted by atomic mass is 16.5. The van der Waals surface area contributed by atoms with Gasteiger partial charge < -0.3 is 4.74 Å². The molecule has 186 valence electrons. The van der Waals surface area contributed by atoms with Gasteiger partial charge in [-0.25, -0.2) is 0 Å². The predicted molar refractivity (Wildman–Crippen MR) is 134 cm³/mol. The highest BCUT2D eigenvalue weighted by Crippen LogP contribution is 2.65. The van der Waals surface area contributed by atoms with Gasteiger partial charge in [-0.2, -0.15) is 0 Å². The van der Waals surface area contributed by atoms with E-state index < -0.39 is 5.41 Å². The summed E-state index contributed by atoms with van der Waals surface area (Å²) in [4.78, 5) is 30.6. The molecule has 1 aromatic carbocycles. The van der Waals surface area contributed by atoms with Gasteiger partial charge in [-0.05, 0) is 68.8 Å². The average molecular weight is 466 g/mol. The monoisotopic (exact) mass is 465 g/mol. The van der Waals surface area contributed by atoms with Crippen LogP contribution in [0.25, 0.3) is 0 Å². The van der Waals surface area contributed by atoms with Crippen molar-refractivity contribution < 1.29 is 14.3 Å². The summed E-state index contributed by atoms with van der Waals surface area (Å²) in [6, 6.07) is 10.9. The number of esters is 1. The van der Waals surface area contributed by atoms with E-state index in [1.54, 1.807) is 0 Å². The molecule has 1 spiro atoms. The van der Waals surface area contributed by atoms with Crippen molar-refractivity contribution in [1.29, 1.82) is 0 Å². The Morgan fingerprint density at radius 3 is 2.53 bits per heavy atom. The third kappa shape index (κ3) is 3.94. The van der Waals surface area contributed by atoms with Crippen LogP contribution in [-0.2, 0) is 20.9 Å². The molecule has 2 saturated heterocycles. The Labute approximate surface area is 205 Å². The Morgan fingerprint density at radius 2 is 1.79 bits per heavy atom. The van der Waals surface area contributed by atoms with Crippen molar-refractivity contribution in [2.24, 2.45) is 22.7 Å². The fraction of sp³-hybridized carbons (Fsp3) is 0.733. The number of rotatable bonds is 8. The molecule has 34 heavy (non-hydrogen) atoms. The number of hydrogen-bond donors (Lipinski definition) is 0. The van der Waals surface area contributed by atoms with Crippen LogP contribution in [0.4, 0.5) is 0 Å². The summed E-state index contributed by atoms with van der Waals surface area (Å²) in [5.74, 6) is 1.23. The summed E-state index contributed by atoms with van der Waals surface area (Å²) in [5, 5.41) is 0. The average Bonchev–Trinajstić information content (AvgIpc) is 3.38. The van der Waals surface area contributed by atoms with E-state index in [4.69, 9.17) is 4.74 Å². The normalized spacial score (nSPS) is 35.8. The first-order valence-corrected chi connectivity index (χ1v) is 14.0. The highest BCUT2D eigenvalue weighted by Gasteiger charge is 2.70. The summed E-state index contributed by atoms with van der Waals surface area (Å²) in [7, 11) is 0. The lowest BCUT2D eigenvalue weighted by atomic mass is 9.44. The Morgan fingerprint density at radius 1 is 1.06 bits per heavy atom. The summed E-state index contributed by atoms with van der Waals surface area (Å²) >= 11 is 0. The van der Waals surface area contributed by atoms with E-state index in [0.717, 1.165) is 25.8 Å². The number of piperidine rings is 2. The second-order valence-corrected chi connectivity index (χ2v) is 11.7. The number of hydrogen-bond acceptors (Lipinski definition) is 4. The third-order valence-corrected chi connectivity index (χ3v) is 10.3. The molecule has 0 radical (unpaired) electrons. The van der Waals surface area contributed by atoms with Gasteiger partial charge in [0.1, 0.15) is 5.41 Å². The summed E-state index contributed by atoms with van der Waals surface area (Å²) in [5.41, 5.74) is 0.309. The van der Waals surface area contributed by atoms with Crippen LogP contribution in [0.1, 0.15) is 96.5 Å². The van der Waals surface area contributed by atoms with E-state index in [1.807, 2.05) is 6.92 Å². The van der Waals surface area contributed by atoms with Crippen LogP contribution in [0.5, 0.6) is 0 Å². The first-order chi connectivity index (χ1) is 16.5. The fourth-order valence-electron chi connectivity index (χ4n) is 8.51. The number of ketones is 1. The predicted octanol–water partition coefficient (Wildman–Crippen LogP) is 6.32. The zero-order chi connectivity index (χ0) is 23.8. The van der Waals surface area contributed by atoms with Crippen LogP contribution >= 0.6 is 0 Å². The van der Waals surface area contributed by atoms with Gasteiger partial charge >= 0.3 is 5.97 Å². The van der Waals surface area contributed by atoms with E-state index in [-0.39, 0.29) is 23.2 Å². The lowest BCUT2D eigenvalue weighted by Gasteiger charge is -2.68. The molecule has 6 rings (SSSR count). The molecule has 2 heterocycles. The number of ether oxygens (including phenoxy) is 1. The number of nitrogens with zero attached hydrogens (tertiary/aromatic N) is 1. The van der Waals surface area contributed by atoms with Crippen LogP contribution in [0.2, 0.25) is 0 Å². The molecule has 3 aliphatic carbocycles. The van der Waals surface area contributed by atoms with Crippen molar-refractivity contribution in [1.82, 2.24) is 4.90 Å². The zero-order valence-electron chi connectivity index (χ0n) is 21.3. The maximum absolute atomic E-state index is 14.2. The molecule has 5 aliphatic rings. The molecule has 5 atom stereocenters.